The highest BCUT2D eigenvalue weighted by Gasteiger charge is 2.06. The second-order valence-electron chi connectivity index (χ2n) is 2.50. The van der Waals surface area contributed by atoms with E-state index < -0.39 is 0 Å². The van der Waals surface area contributed by atoms with Crippen LogP contribution in [-0.2, 0) is 4.74 Å². The maximum absolute atomic E-state index is 5.35. The minimum atomic E-state index is 0.337. The summed E-state index contributed by atoms with van der Waals surface area (Å²) >= 11 is 0. The molecule has 0 aromatic carbocycles. The number of hydrogen-bond donors (Lipinski definition) is 1. The van der Waals surface area contributed by atoms with Crippen LogP contribution in [0.15, 0.2) is 12.2 Å². The van der Waals surface area contributed by atoms with Crippen LogP contribution in [0.25, 0.3) is 0 Å². The molecule has 1 heterocycles. The van der Waals surface area contributed by atoms with E-state index in [2.05, 4.69) is 18.8 Å². The lowest BCUT2D eigenvalue weighted by molar-refractivity contribution is 0.0941. The van der Waals surface area contributed by atoms with Crippen molar-refractivity contribution < 1.29 is 4.74 Å². The average Bonchev–Trinajstić information content (AvgIpc) is 1.97. The SMILES string of the molecule is C=C1CNCC(C)OC1. The second kappa shape index (κ2) is 2.99. The van der Waals surface area contributed by atoms with Crippen LogP contribution in [0.4, 0.5) is 0 Å². The summed E-state index contributed by atoms with van der Waals surface area (Å²) < 4.78 is 5.35. The Morgan fingerprint density at radius 3 is 3.33 bits per heavy atom. The molecule has 0 amide bonds. The fraction of sp³-hybridized carbons (Fsp3) is 0.714. The van der Waals surface area contributed by atoms with Crippen molar-refractivity contribution in [3.63, 3.8) is 0 Å². The van der Waals surface area contributed by atoms with E-state index in [0.29, 0.717) is 12.7 Å². The lowest BCUT2D eigenvalue weighted by Crippen LogP contribution is -2.23. The monoisotopic (exact) mass is 127 g/mol. The molecule has 0 spiro atoms. The van der Waals surface area contributed by atoms with E-state index in [0.717, 1.165) is 18.7 Å². The van der Waals surface area contributed by atoms with Gasteiger partial charge in [0.25, 0.3) is 0 Å². The minimum Gasteiger partial charge on any atom is -0.373 e. The van der Waals surface area contributed by atoms with Crippen molar-refractivity contribution in [2.24, 2.45) is 0 Å². The van der Waals surface area contributed by atoms with Crippen LogP contribution < -0.4 is 5.32 Å². The first-order valence-corrected chi connectivity index (χ1v) is 3.28. The summed E-state index contributed by atoms with van der Waals surface area (Å²) in [6, 6.07) is 0. The van der Waals surface area contributed by atoms with Crippen LogP contribution >= 0.6 is 0 Å². The van der Waals surface area contributed by atoms with Gasteiger partial charge in [-0.15, -0.1) is 0 Å². The van der Waals surface area contributed by atoms with E-state index in [9.17, 15) is 0 Å². The Hall–Kier alpha value is -0.340. The number of hydrogen-bond acceptors (Lipinski definition) is 2. The zero-order chi connectivity index (χ0) is 6.69. The molecule has 1 fully saturated rings. The lowest BCUT2D eigenvalue weighted by Gasteiger charge is -2.05. The quantitative estimate of drug-likeness (QED) is 0.480. The first kappa shape index (κ1) is 6.78. The van der Waals surface area contributed by atoms with Crippen molar-refractivity contribution in [3.05, 3.63) is 12.2 Å². The first-order chi connectivity index (χ1) is 4.29. The second-order valence-corrected chi connectivity index (χ2v) is 2.50. The van der Waals surface area contributed by atoms with Gasteiger partial charge in [-0.2, -0.15) is 0 Å². The zero-order valence-corrected chi connectivity index (χ0v) is 5.81. The van der Waals surface area contributed by atoms with E-state index in [1.54, 1.807) is 0 Å². The molecular weight excluding hydrogens is 114 g/mol. The van der Waals surface area contributed by atoms with Gasteiger partial charge in [0.1, 0.15) is 0 Å². The molecule has 0 radical (unpaired) electrons. The molecule has 9 heavy (non-hydrogen) atoms. The van der Waals surface area contributed by atoms with Crippen LogP contribution in [-0.4, -0.2) is 25.8 Å². The molecule has 0 saturated carbocycles. The Kier molecular flexibility index (Phi) is 2.25. The third kappa shape index (κ3) is 2.16. The summed E-state index contributed by atoms with van der Waals surface area (Å²) in [5.41, 5.74) is 1.14. The van der Waals surface area contributed by atoms with Crippen molar-refractivity contribution in [1.82, 2.24) is 5.32 Å². The van der Waals surface area contributed by atoms with Gasteiger partial charge in [0, 0.05) is 13.1 Å². The third-order valence-electron chi connectivity index (χ3n) is 1.38. The minimum absolute atomic E-state index is 0.337. The third-order valence-corrected chi connectivity index (χ3v) is 1.38. The Morgan fingerprint density at radius 2 is 2.56 bits per heavy atom. The van der Waals surface area contributed by atoms with Gasteiger partial charge in [-0.05, 0) is 12.5 Å². The van der Waals surface area contributed by atoms with Crippen molar-refractivity contribution in [3.8, 4) is 0 Å². The van der Waals surface area contributed by atoms with Gasteiger partial charge < -0.3 is 10.1 Å². The molecule has 1 aliphatic rings. The van der Waals surface area contributed by atoms with Crippen LogP contribution in [0.5, 0.6) is 0 Å². The maximum atomic E-state index is 5.35. The number of rotatable bonds is 0. The normalized spacial score (nSPS) is 29.9. The predicted molar refractivity (Wildman–Crippen MR) is 37.4 cm³/mol. The van der Waals surface area contributed by atoms with E-state index in [-0.39, 0.29) is 0 Å². The summed E-state index contributed by atoms with van der Waals surface area (Å²) in [6.07, 6.45) is 0.337. The fourth-order valence-corrected chi connectivity index (χ4v) is 0.822. The molecule has 0 aromatic rings. The summed E-state index contributed by atoms with van der Waals surface area (Å²) in [7, 11) is 0. The van der Waals surface area contributed by atoms with Gasteiger partial charge in [0.05, 0.1) is 12.7 Å². The van der Waals surface area contributed by atoms with E-state index >= 15 is 0 Å². The molecule has 1 saturated heterocycles. The molecule has 1 aliphatic heterocycles. The topological polar surface area (TPSA) is 21.3 Å². The highest BCUT2D eigenvalue weighted by atomic mass is 16.5. The van der Waals surface area contributed by atoms with Gasteiger partial charge in [-0.3, -0.25) is 0 Å². The zero-order valence-electron chi connectivity index (χ0n) is 5.81. The van der Waals surface area contributed by atoms with E-state index in [1.165, 1.54) is 0 Å². The molecule has 0 bridgehead atoms. The molecule has 1 N–H and O–H groups in total. The molecule has 1 atom stereocenters. The standard InChI is InChI=1S/C7H13NO/c1-6-3-8-4-7(2)9-5-6/h7-8H,1,3-5H2,2H3. The molecule has 2 nitrogen and oxygen atoms in total. The number of nitrogens with one attached hydrogen (secondary N) is 1. The molecule has 1 rings (SSSR count). The highest BCUT2D eigenvalue weighted by Crippen LogP contribution is 1.98. The number of ether oxygens (including phenoxy) is 1. The van der Waals surface area contributed by atoms with Gasteiger partial charge in [-0.1, -0.05) is 6.58 Å². The Morgan fingerprint density at radius 1 is 1.78 bits per heavy atom. The van der Waals surface area contributed by atoms with Crippen LogP contribution in [0.3, 0.4) is 0 Å². The van der Waals surface area contributed by atoms with Crippen LogP contribution in [0, 0.1) is 0 Å². The molecule has 52 valence electrons. The summed E-state index contributed by atoms with van der Waals surface area (Å²) in [6.45, 7) is 8.45. The largest absolute Gasteiger partial charge is 0.373 e. The van der Waals surface area contributed by atoms with Crippen molar-refractivity contribution in [1.29, 1.82) is 0 Å². The molecular formula is C7H13NO. The maximum Gasteiger partial charge on any atom is 0.0690 e. The smallest absolute Gasteiger partial charge is 0.0690 e. The molecule has 1 unspecified atom stereocenters. The lowest BCUT2D eigenvalue weighted by atomic mass is 10.3. The Balaban J connectivity index is 2.34. The fourth-order valence-electron chi connectivity index (χ4n) is 0.822. The first-order valence-electron chi connectivity index (χ1n) is 3.28. The highest BCUT2D eigenvalue weighted by molar-refractivity contribution is 4.98. The average molecular weight is 127 g/mol. The Bertz CT molecular complexity index is 111. The van der Waals surface area contributed by atoms with Gasteiger partial charge in [0.15, 0.2) is 0 Å². The van der Waals surface area contributed by atoms with E-state index in [4.69, 9.17) is 4.74 Å². The molecule has 0 aliphatic carbocycles. The molecule has 0 aromatic heterocycles. The van der Waals surface area contributed by atoms with Crippen molar-refractivity contribution in [2.75, 3.05) is 19.7 Å². The van der Waals surface area contributed by atoms with Gasteiger partial charge in [0.2, 0.25) is 0 Å². The summed E-state index contributed by atoms with van der Waals surface area (Å²) in [4.78, 5) is 0. The Labute approximate surface area is 55.9 Å². The van der Waals surface area contributed by atoms with Gasteiger partial charge >= 0.3 is 0 Å². The van der Waals surface area contributed by atoms with Crippen LogP contribution in [0.2, 0.25) is 0 Å². The van der Waals surface area contributed by atoms with Gasteiger partial charge in [-0.25, -0.2) is 0 Å². The van der Waals surface area contributed by atoms with Crippen LogP contribution in [0.1, 0.15) is 6.92 Å². The van der Waals surface area contributed by atoms with E-state index in [1.807, 2.05) is 0 Å². The predicted octanol–water partition coefficient (Wildman–Crippen LogP) is 0.551. The van der Waals surface area contributed by atoms with Crippen molar-refractivity contribution >= 4 is 0 Å². The molecule has 2 heteroatoms. The summed E-state index contributed by atoms with van der Waals surface area (Å²) in [5, 5.41) is 3.22. The summed E-state index contributed by atoms with van der Waals surface area (Å²) in [5.74, 6) is 0. The van der Waals surface area contributed by atoms with Crippen molar-refractivity contribution in [2.45, 2.75) is 13.0 Å².